The molecule has 0 aliphatic carbocycles. The molecular formula is C13H29NO2S. The molecule has 2 atom stereocenters. The Hall–Kier alpha value is -0.0900. The van der Waals surface area contributed by atoms with Crippen molar-refractivity contribution in [3.8, 4) is 0 Å². The summed E-state index contributed by atoms with van der Waals surface area (Å²) < 4.78 is 23.9. The fourth-order valence-corrected chi connectivity index (χ4v) is 3.65. The first-order chi connectivity index (χ1) is 7.96. The van der Waals surface area contributed by atoms with Gasteiger partial charge in [0, 0.05) is 6.04 Å². The number of rotatable bonds is 10. The topological polar surface area (TPSA) is 46.2 Å². The van der Waals surface area contributed by atoms with Crippen molar-refractivity contribution in [1.82, 2.24) is 5.32 Å². The first-order valence-corrected chi connectivity index (χ1v) is 8.72. The van der Waals surface area contributed by atoms with Crippen LogP contribution in [0.15, 0.2) is 0 Å². The minimum absolute atomic E-state index is 0.113. The normalized spacial score (nSPS) is 15.8. The average Bonchev–Trinajstić information content (AvgIpc) is 2.30. The summed E-state index contributed by atoms with van der Waals surface area (Å²) in [6.45, 7) is 9.27. The molecule has 0 aromatic heterocycles. The Morgan fingerprint density at radius 3 is 2.24 bits per heavy atom. The van der Waals surface area contributed by atoms with E-state index in [1.54, 1.807) is 0 Å². The summed E-state index contributed by atoms with van der Waals surface area (Å²) in [4.78, 5) is 0. The molecule has 1 N–H and O–H groups in total. The van der Waals surface area contributed by atoms with Crippen LogP contribution in [0, 0.1) is 5.92 Å². The zero-order valence-electron chi connectivity index (χ0n) is 11.8. The molecule has 0 aromatic carbocycles. The van der Waals surface area contributed by atoms with E-state index in [1.165, 1.54) is 0 Å². The maximum Gasteiger partial charge on any atom is 0.151 e. The lowest BCUT2D eigenvalue weighted by Crippen LogP contribution is -2.41. The second-order valence-electron chi connectivity index (χ2n) is 4.91. The highest BCUT2D eigenvalue weighted by molar-refractivity contribution is 7.91. The van der Waals surface area contributed by atoms with Crippen molar-refractivity contribution >= 4 is 9.84 Å². The monoisotopic (exact) mass is 263 g/mol. The highest BCUT2D eigenvalue weighted by atomic mass is 32.2. The lowest BCUT2D eigenvalue weighted by Gasteiger charge is -2.24. The van der Waals surface area contributed by atoms with Crippen molar-refractivity contribution in [3.05, 3.63) is 0 Å². The molecule has 0 amide bonds. The second-order valence-corrected chi connectivity index (χ2v) is 7.14. The second kappa shape index (κ2) is 8.92. The minimum Gasteiger partial charge on any atom is -0.313 e. The van der Waals surface area contributed by atoms with Crippen LogP contribution in [-0.4, -0.2) is 32.5 Å². The fraction of sp³-hybridized carbons (Fsp3) is 1.00. The van der Waals surface area contributed by atoms with Gasteiger partial charge in [-0.05, 0) is 25.3 Å². The highest BCUT2D eigenvalue weighted by Crippen LogP contribution is 2.11. The molecule has 0 bridgehead atoms. The molecule has 0 saturated heterocycles. The number of hydrogen-bond acceptors (Lipinski definition) is 3. The molecular weight excluding hydrogens is 234 g/mol. The maximum absolute atomic E-state index is 11.9. The molecule has 104 valence electrons. The van der Waals surface area contributed by atoms with Crippen LogP contribution in [0.5, 0.6) is 0 Å². The van der Waals surface area contributed by atoms with E-state index in [-0.39, 0.29) is 6.04 Å². The van der Waals surface area contributed by atoms with Crippen LogP contribution in [-0.2, 0) is 9.84 Å². The summed E-state index contributed by atoms with van der Waals surface area (Å²) in [5.74, 6) is 1.05. The molecule has 0 aliphatic rings. The van der Waals surface area contributed by atoms with Crippen LogP contribution < -0.4 is 5.32 Å². The van der Waals surface area contributed by atoms with Gasteiger partial charge in [-0.15, -0.1) is 0 Å². The van der Waals surface area contributed by atoms with Crippen molar-refractivity contribution in [2.75, 3.05) is 18.1 Å². The molecule has 0 aromatic rings. The zero-order valence-corrected chi connectivity index (χ0v) is 12.6. The van der Waals surface area contributed by atoms with Gasteiger partial charge in [0.25, 0.3) is 0 Å². The largest absolute Gasteiger partial charge is 0.313 e. The number of sulfone groups is 1. The van der Waals surface area contributed by atoms with Crippen molar-refractivity contribution in [1.29, 1.82) is 0 Å². The number of nitrogens with one attached hydrogen (secondary N) is 1. The molecule has 0 aliphatic heterocycles. The molecule has 17 heavy (non-hydrogen) atoms. The quantitative estimate of drug-likeness (QED) is 0.659. The molecule has 0 radical (unpaired) electrons. The summed E-state index contributed by atoms with van der Waals surface area (Å²) in [6, 6.07) is 0.113. The van der Waals surface area contributed by atoms with Crippen molar-refractivity contribution in [2.45, 2.75) is 59.4 Å². The summed E-state index contributed by atoms with van der Waals surface area (Å²) in [7, 11) is -2.89. The van der Waals surface area contributed by atoms with Crippen LogP contribution in [0.4, 0.5) is 0 Å². The van der Waals surface area contributed by atoms with Crippen LogP contribution in [0.25, 0.3) is 0 Å². The molecule has 0 fully saturated rings. The maximum atomic E-state index is 11.9. The van der Waals surface area contributed by atoms with E-state index in [0.717, 1.165) is 32.2 Å². The molecule has 0 saturated carbocycles. The fourth-order valence-electron chi connectivity index (χ4n) is 1.76. The highest BCUT2D eigenvalue weighted by Gasteiger charge is 2.22. The van der Waals surface area contributed by atoms with Gasteiger partial charge >= 0.3 is 0 Å². The summed E-state index contributed by atoms with van der Waals surface area (Å²) in [5.41, 5.74) is 0. The van der Waals surface area contributed by atoms with Gasteiger partial charge in [0.1, 0.15) is 0 Å². The van der Waals surface area contributed by atoms with E-state index in [4.69, 9.17) is 0 Å². The Labute approximate surface area is 107 Å². The van der Waals surface area contributed by atoms with Crippen LogP contribution in [0.2, 0.25) is 0 Å². The first-order valence-electron chi connectivity index (χ1n) is 6.90. The van der Waals surface area contributed by atoms with Crippen molar-refractivity contribution < 1.29 is 8.42 Å². The van der Waals surface area contributed by atoms with Gasteiger partial charge in [-0.2, -0.15) is 0 Å². The third-order valence-electron chi connectivity index (χ3n) is 3.23. The van der Waals surface area contributed by atoms with Gasteiger partial charge in [0.15, 0.2) is 9.84 Å². The van der Waals surface area contributed by atoms with E-state index in [0.29, 0.717) is 17.4 Å². The SMILES string of the molecule is CCCCS(=O)(=O)CC(NCCC)C(C)CC. The van der Waals surface area contributed by atoms with E-state index in [2.05, 4.69) is 26.1 Å². The van der Waals surface area contributed by atoms with Crippen molar-refractivity contribution in [3.63, 3.8) is 0 Å². The standard InChI is InChI=1S/C13H29NO2S/c1-5-8-10-17(15,16)11-13(12(4)7-3)14-9-6-2/h12-14H,5-11H2,1-4H3. The molecule has 2 unspecified atom stereocenters. The van der Waals surface area contributed by atoms with Crippen molar-refractivity contribution in [2.24, 2.45) is 5.92 Å². The molecule has 0 spiro atoms. The van der Waals surface area contributed by atoms with E-state index in [1.807, 2.05) is 6.92 Å². The third-order valence-corrected chi connectivity index (χ3v) is 5.01. The summed E-state index contributed by atoms with van der Waals surface area (Å²) in [5, 5.41) is 3.37. The Balaban J connectivity index is 4.40. The van der Waals surface area contributed by atoms with E-state index in [9.17, 15) is 8.42 Å². The Morgan fingerprint density at radius 2 is 1.76 bits per heavy atom. The smallest absolute Gasteiger partial charge is 0.151 e. The van der Waals surface area contributed by atoms with Gasteiger partial charge in [0.05, 0.1) is 11.5 Å². The molecule has 0 rings (SSSR count). The van der Waals surface area contributed by atoms with Gasteiger partial charge < -0.3 is 5.32 Å². The zero-order chi connectivity index (χ0) is 13.3. The first kappa shape index (κ1) is 16.9. The predicted molar refractivity (Wildman–Crippen MR) is 75.1 cm³/mol. The Bertz CT molecular complexity index is 275. The Kier molecular flexibility index (Phi) is 8.88. The van der Waals surface area contributed by atoms with E-state index < -0.39 is 9.84 Å². The van der Waals surface area contributed by atoms with Crippen LogP contribution >= 0.6 is 0 Å². The lowest BCUT2D eigenvalue weighted by molar-refractivity contribution is 0.391. The summed E-state index contributed by atoms with van der Waals surface area (Å²) >= 11 is 0. The van der Waals surface area contributed by atoms with Crippen LogP contribution in [0.1, 0.15) is 53.4 Å². The third kappa shape index (κ3) is 7.77. The summed E-state index contributed by atoms with van der Waals surface area (Å²) in [6.07, 6.45) is 3.78. The van der Waals surface area contributed by atoms with Gasteiger partial charge in [-0.1, -0.05) is 40.5 Å². The minimum atomic E-state index is -2.89. The van der Waals surface area contributed by atoms with Gasteiger partial charge in [-0.3, -0.25) is 0 Å². The van der Waals surface area contributed by atoms with Crippen LogP contribution in [0.3, 0.4) is 0 Å². The number of unbranched alkanes of at least 4 members (excludes halogenated alkanes) is 1. The molecule has 0 heterocycles. The predicted octanol–water partition coefficient (Wildman–Crippen LogP) is 2.62. The van der Waals surface area contributed by atoms with Gasteiger partial charge in [0.2, 0.25) is 0 Å². The average molecular weight is 263 g/mol. The van der Waals surface area contributed by atoms with E-state index >= 15 is 0 Å². The number of hydrogen-bond donors (Lipinski definition) is 1. The van der Waals surface area contributed by atoms with Gasteiger partial charge in [-0.25, -0.2) is 8.42 Å². The Morgan fingerprint density at radius 1 is 1.12 bits per heavy atom. The lowest BCUT2D eigenvalue weighted by atomic mass is 10.0. The molecule has 4 heteroatoms. The molecule has 3 nitrogen and oxygen atoms in total.